The van der Waals surface area contributed by atoms with E-state index >= 15 is 0 Å². The minimum atomic E-state index is -0.315. The number of nitrogens with zero attached hydrogens (tertiary/aromatic N) is 2. The standard InChI is InChI=1S/C12H20N4O2/c1-6-14-7(16-18-6)8(17)15-10-11(2,3)9(13)12(10,4)5/h9-10H,13H2,1-5H3,(H,15,17). The lowest BCUT2D eigenvalue weighted by Crippen LogP contribution is -2.76. The number of carbonyl (C=O) groups excluding carboxylic acids is 1. The van der Waals surface area contributed by atoms with Crippen molar-refractivity contribution in [1.82, 2.24) is 15.5 Å². The van der Waals surface area contributed by atoms with Crippen LogP contribution < -0.4 is 11.1 Å². The van der Waals surface area contributed by atoms with Gasteiger partial charge in [0.1, 0.15) is 0 Å². The molecule has 1 aromatic heterocycles. The van der Waals surface area contributed by atoms with Crippen LogP contribution in [0, 0.1) is 17.8 Å². The molecule has 1 heterocycles. The lowest BCUT2D eigenvalue weighted by atomic mass is 9.48. The van der Waals surface area contributed by atoms with E-state index in [1.165, 1.54) is 0 Å². The van der Waals surface area contributed by atoms with E-state index in [2.05, 4.69) is 43.2 Å². The smallest absolute Gasteiger partial charge is 0.292 e. The first-order chi connectivity index (χ1) is 8.17. The van der Waals surface area contributed by atoms with Crippen molar-refractivity contribution in [3.63, 3.8) is 0 Å². The SMILES string of the molecule is Cc1nc(C(=O)NC2C(C)(C)C(N)C2(C)C)no1. The molecule has 0 atom stereocenters. The Hall–Kier alpha value is -1.43. The molecule has 1 aromatic rings. The fourth-order valence-electron chi connectivity index (χ4n) is 3.14. The number of aromatic nitrogens is 2. The van der Waals surface area contributed by atoms with Gasteiger partial charge >= 0.3 is 0 Å². The number of aryl methyl sites for hydroxylation is 1. The van der Waals surface area contributed by atoms with Crippen LogP contribution >= 0.6 is 0 Å². The molecule has 0 saturated heterocycles. The van der Waals surface area contributed by atoms with Gasteiger partial charge in [-0.05, 0) is 0 Å². The Kier molecular flexibility index (Phi) is 2.73. The third-order valence-corrected chi connectivity index (χ3v) is 4.10. The molecule has 1 saturated carbocycles. The molecule has 100 valence electrons. The first kappa shape index (κ1) is 13.0. The van der Waals surface area contributed by atoms with Gasteiger partial charge in [-0.15, -0.1) is 0 Å². The average Bonchev–Trinajstić information content (AvgIpc) is 2.71. The molecule has 1 aliphatic rings. The van der Waals surface area contributed by atoms with Gasteiger partial charge in [-0.2, -0.15) is 4.98 Å². The number of nitrogens with two attached hydrogens (primary N) is 1. The summed E-state index contributed by atoms with van der Waals surface area (Å²) < 4.78 is 4.80. The van der Waals surface area contributed by atoms with Gasteiger partial charge in [0.25, 0.3) is 11.7 Å². The molecule has 2 rings (SSSR count). The van der Waals surface area contributed by atoms with E-state index < -0.39 is 0 Å². The van der Waals surface area contributed by atoms with E-state index in [-0.39, 0.29) is 34.6 Å². The van der Waals surface area contributed by atoms with Gasteiger partial charge in [-0.3, -0.25) is 4.79 Å². The molecule has 0 spiro atoms. The first-order valence-electron chi connectivity index (χ1n) is 6.04. The van der Waals surface area contributed by atoms with Crippen LogP contribution in [0.2, 0.25) is 0 Å². The summed E-state index contributed by atoms with van der Waals surface area (Å²) in [5, 5.41) is 6.57. The van der Waals surface area contributed by atoms with Gasteiger partial charge in [0, 0.05) is 29.8 Å². The second-order valence-electron chi connectivity index (χ2n) is 6.16. The van der Waals surface area contributed by atoms with E-state index in [0.29, 0.717) is 5.89 Å². The van der Waals surface area contributed by atoms with Gasteiger partial charge in [-0.25, -0.2) is 0 Å². The van der Waals surface area contributed by atoms with Crippen LogP contribution in [0.5, 0.6) is 0 Å². The van der Waals surface area contributed by atoms with Crippen LogP contribution in [-0.2, 0) is 0 Å². The van der Waals surface area contributed by atoms with Crippen molar-refractivity contribution in [3.8, 4) is 0 Å². The number of hydrogen-bond donors (Lipinski definition) is 2. The minimum Gasteiger partial charge on any atom is -0.345 e. The number of nitrogens with one attached hydrogen (secondary N) is 1. The number of hydrogen-bond acceptors (Lipinski definition) is 5. The molecular weight excluding hydrogens is 232 g/mol. The maximum atomic E-state index is 12.0. The fraction of sp³-hybridized carbons (Fsp3) is 0.750. The van der Waals surface area contributed by atoms with Gasteiger partial charge in [0.2, 0.25) is 5.89 Å². The fourth-order valence-corrected chi connectivity index (χ4v) is 3.14. The van der Waals surface area contributed by atoms with Crippen molar-refractivity contribution in [2.45, 2.75) is 46.7 Å². The summed E-state index contributed by atoms with van der Waals surface area (Å²) in [6.07, 6.45) is 0. The Balaban J connectivity index is 2.13. The highest BCUT2D eigenvalue weighted by atomic mass is 16.5. The van der Waals surface area contributed by atoms with Crippen LogP contribution in [0.1, 0.15) is 44.2 Å². The van der Waals surface area contributed by atoms with E-state index in [0.717, 1.165) is 0 Å². The zero-order valence-electron chi connectivity index (χ0n) is 11.4. The minimum absolute atomic E-state index is 0.00805. The topological polar surface area (TPSA) is 94.0 Å². The molecule has 18 heavy (non-hydrogen) atoms. The Morgan fingerprint density at radius 1 is 1.33 bits per heavy atom. The van der Waals surface area contributed by atoms with E-state index in [9.17, 15) is 4.79 Å². The monoisotopic (exact) mass is 252 g/mol. The molecule has 1 aliphatic carbocycles. The van der Waals surface area contributed by atoms with Crippen molar-refractivity contribution in [1.29, 1.82) is 0 Å². The Bertz CT molecular complexity index is 462. The zero-order valence-corrected chi connectivity index (χ0v) is 11.4. The summed E-state index contributed by atoms with van der Waals surface area (Å²) in [6, 6.07) is 0.0358. The van der Waals surface area contributed by atoms with Crippen LogP contribution in [0.15, 0.2) is 4.52 Å². The summed E-state index contributed by atoms with van der Waals surface area (Å²) in [5.41, 5.74) is 5.86. The van der Waals surface area contributed by atoms with E-state index in [1.807, 2.05) is 0 Å². The molecule has 1 fully saturated rings. The number of amides is 1. The highest BCUT2D eigenvalue weighted by Gasteiger charge is 2.60. The largest absolute Gasteiger partial charge is 0.345 e. The lowest BCUT2D eigenvalue weighted by molar-refractivity contribution is -0.0665. The zero-order chi connectivity index (χ0) is 13.7. The third kappa shape index (κ3) is 1.71. The van der Waals surface area contributed by atoms with Crippen molar-refractivity contribution < 1.29 is 9.32 Å². The van der Waals surface area contributed by atoms with Gasteiger partial charge in [-0.1, -0.05) is 32.9 Å². The van der Waals surface area contributed by atoms with Gasteiger partial charge < -0.3 is 15.6 Å². The van der Waals surface area contributed by atoms with E-state index in [4.69, 9.17) is 10.3 Å². The first-order valence-corrected chi connectivity index (χ1v) is 6.04. The summed E-state index contributed by atoms with van der Waals surface area (Å²) in [6.45, 7) is 9.85. The normalized spacial score (nSPS) is 28.6. The Morgan fingerprint density at radius 3 is 2.33 bits per heavy atom. The van der Waals surface area contributed by atoms with Crippen LogP contribution in [0.3, 0.4) is 0 Å². The molecular formula is C12H20N4O2. The highest BCUT2D eigenvalue weighted by Crippen LogP contribution is 2.52. The number of rotatable bonds is 2. The second kappa shape index (κ2) is 3.78. The summed E-state index contributed by atoms with van der Waals surface area (Å²) in [4.78, 5) is 15.9. The number of carbonyl (C=O) groups is 1. The summed E-state index contributed by atoms with van der Waals surface area (Å²) in [7, 11) is 0. The molecule has 0 aromatic carbocycles. The van der Waals surface area contributed by atoms with Crippen molar-refractivity contribution in [3.05, 3.63) is 11.7 Å². The second-order valence-corrected chi connectivity index (χ2v) is 6.16. The molecule has 6 heteroatoms. The molecule has 1 amide bonds. The summed E-state index contributed by atoms with van der Waals surface area (Å²) in [5.74, 6) is 0.133. The maximum absolute atomic E-state index is 12.0. The molecule has 0 radical (unpaired) electrons. The maximum Gasteiger partial charge on any atom is 0.292 e. The Labute approximate surface area is 106 Å². The van der Waals surface area contributed by atoms with Crippen molar-refractivity contribution in [2.24, 2.45) is 16.6 Å². The predicted octanol–water partition coefficient (Wildman–Crippen LogP) is 0.870. The van der Waals surface area contributed by atoms with Crippen LogP contribution in [0.4, 0.5) is 0 Å². The highest BCUT2D eigenvalue weighted by molar-refractivity contribution is 5.90. The Morgan fingerprint density at radius 2 is 1.89 bits per heavy atom. The quantitative estimate of drug-likeness (QED) is 0.814. The molecule has 0 aliphatic heterocycles. The van der Waals surface area contributed by atoms with Crippen molar-refractivity contribution >= 4 is 5.91 Å². The molecule has 6 nitrogen and oxygen atoms in total. The average molecular weight is 252 g/mol. The predicted molar refractivity (Wildman–Crippen MR) is 65.8 cm³/mol. The van der Waals surface area contributed by atoms with Gasteiger partial charge in [0.15, 0.2) is 0 Å². The van der Waals surface area contributed by atoms with E-state index in [1.54, 1.807) is 6.92 Å². The third-order valence-electron chi connectivity index (χ3n) is 4.10. The van der Waals surface area contributed by atoms with Crippen molar-refractivity contribution in [2.75, 3.05) is 0 Å². The molecule has 0 unspecified atom stereocenters. The molecule has 0 bridgehead atoms. The molecule has 3 N–H and O–H groups in total. The van der Waals surface area contributed by atoms with Crippen LogP contribution in [0.25, 0.3) is 0 Å². The van der Waals surface area contributed by atoms with Crippen LogP contribution in [-0.4, -0.2) is 28.1 Å². The summed E-state index contributed by atoms with van der Waals surface area (Å²) >= 11 is 0. The van der Waals surface area contributed by atoms with Gasteiger partial charge in [0.05, 0.1) is 0 Å². The lowest BCUT2D eigenvalue weighted by Gasteiger charge is -2.62.